The third-order valence-electron chi connectivity index (χ3n) is 3.75. The molecule has 0 aliphatic carbocycles. The van der Waals surface area contributed by atoms with Crippen LogP contribution in [-0.4, -0.2) is 13.0 Å². The molecule has 0 aromatic heterocycles. The smallest absolute Gasteiger partial charge is 0.241 e. The summed E-state index contributed by atoms with van der Waals surface area (Å²) in [5.74, 6) is 0.856. The lowest BCUT2D eigenvalue weighted by Crippen LogP contribution is -2.34. The molecule has 2 aromatic carbocycles. The Kier molecular flexibility index (Phi) is 3.52. The van der Waals surface area contributed by atoms with E-state index in [0.717, 1.165) is 17.0 Å². The standard InChI is InChI=1S/C17H18N2O2/c1-12-3-7-14(8-4-12)19-16(11-17(20)18-19)13-5-9-15(21-2)10-6-13/h3-10,16H,11H2,1-2H3,(H,18,20). The topological polar surface area (TPSA) is 41.6 Å². The van der Waals surface area contributed by atoms with Crippen molar-refractivity contribution in [1.29, 1.82) is 0 Å². The van der Waals surface area contributed by atoms with E-state index in [1.165, 1.54) is 5.56 Å². The fourth-order valence-corrected chi connectivity index (χ4v) is 2.57. The molecule has 0 saturated carbocycles. The Labute approximate surface area is 124 Å². The molecule has 4 nitrogen and oxygen atoms in total. The fraction of sp³-hybridized carbons (Fsp3) is 0.235. The molecular formula is C17H18N2O2. The van der Waals surface area contributed by atoms with Crippen LogP contribution in [-0.2, 0) is 4.79 Å². The van der Waals surface area contributed by atoms with Gasteiger partial charge in [-0.15, -0.1) is 0 Å². The number of benzene rings is 2. The van der Waals surface area contributed by atoms with E-state index < -0.39 is 0 Å². The summed E-state index contributed by atoms with van der Waals surface area (Å²) in [6, 6.07) is 16.0. The van der Waals surface area contributed by atoms with Gasteiger partial charge in [-0.3, -0.25) is 15.2 Å². The van der Waals surface area contributed by atoms with Crippen molar-refractivity contribution in [3.8, 4) is 5.75 Å². The first kappa shape index (κ1) is 13.5. The zero-order valence-electron chi connectivity index (χ0n) is 12.2. The SMILES string of the molecule is COc1ccc(C2CC(=O)NN2c2ccc(C)cc2)cc1. The van der Waals surface area contributed by atoms with E-state index in [2.05, 4.69) is 5.43 Å². The molecule has 1 atom stereocenters. The molecule has 1 amide bonds. The number of anilines is 1. The number of rotatable bonds is 3. The van der Waals surface area contributed by atoms with Gasteiger partial charge in [0.15, 0.2) is 0 Å². The molecule has 1 N–H and O–H groups in total. The molecule has 1 saturated heterocycles. The number of nitrogens with zero attached hydrogens (tertiary/aromatic N) is 1. The normalized spacial score (nSPS) is 17.7. The highest BCUT2D eigenvalue weighted by Gasteiger charge is 2.31. The third kappa shape index (κ3) is 2.70. The molecular weight excluding hydrogens is 264 g/mol. The molecule has 0 spiro atoms. The molecule has 3 rings (SSSR count). The zero-order valence-corrected chi connectivity index (χ0v) is 12.2. The second-order valence-electron chi connectivity index (χ2n) is 5.23. The van der Waals surface area contributed by atoms with Crippen molar-refractivity contribution in [3.05, 3.63) is 59.7 Å². The van der Waals surface area contributed by atoms with E-state index in [1.807, 2.05) is 60.5 Å². The molecule has 4 heteroatoms. The van der Waals surface area contributed by atoms with Crippen LogP contribution in [0.15, 0.2) is 48.5 Å². The molecule has 1 aliphatic rings. The third-order valence-corrected chi connectivity index (χ3v) is 3.75. The minimum atomic E-state index is 0.00566. The highest BCUT2D eigenvalue weighted by Crippen LogP contribution is 2.32. The van der Waals surface area contributed by atoms with Crippen molar-refractivity contribution in [3.63, 3.8) is 0 Å². The maximum absolute atomic E-state index is 11.8. The Bertz CT molecular complexity index is 635. The van der Waals surface area contributed by atoms with Crippen LogP contribution in [0, 0.1) is 6.92 Å². The highest BCUT2D eigenvalue weighted by atomic mass is 16.5. The van der Waals surface area contributed by atoms with Gasteiger partial charge in [0, 0.05) is 0 Å². The number of ether oxygens (including phenoxy) is 1. The van der Waals surface area contributed by atoms with E-state index in [9.17, 15) is 4.79 Å². The van der Waals surface area contributed by atoms with Gasteiger partial charge < -0.3 is 4.74 Å². The summed E-state index contributed by atoms with van der Waals surface area (Å²) in [5, 5.41) is 1.93. The van der Waals surface area contributed by atoms with Gasteiger partial charge in [-0.2, -0.15) is 0 Å². The summed E-state index contributed by atoms with van der Waals surface area (Å²) >= 11 is 0. The number of hydrazine groups is 1. The lowest BCUT2D eigenvalue weighted by Gasteiger charge is -2.26. The molecule has 21 heavy (non-hydrogen) atoms. The number of aryl methyl sites for hydroxylation is 1. The van der Waals surface area contributed by atoms with Crippen molar-refractivity contribution in [2.24, 2.45) is 0 Å². The minimum Gasteiger partial charge on any atom is -0.497 e. The molecule has 1 aliphatic heterocycles. The molecule has 1 unspecified atom stereocenters. The second kappa shape index (κ2) is 5.48. The number of carbonyl (C=O) groups is 1. The zero-order chi connectivity index (χ0) is 14.8. The summed E-state index contributed by atoms with van der Waals surface area (Å²) in [4.78, 5) is 11.8. The minimum absolute atomic E-state index is 0.00566. The van der Waals surface area contributed by atoms with E-state index >= 15 is 0 Å². The molecule has 108 valence electrons. The largest absolute Gasteiger partial charge is 0.497 e. The average molecular weight is 282 g/mol. The average Bonchev–Trinajstić information content (AvgIpc) is 2.90. The van der Waals surface area contributed by atoms with Crippen LogP contribution in [0.3, 0.4) is 0 Å². The van der Waals surface area contributed by atoms with E-state index in [0.29, 0.717) is 6.42 Å². The summed E-state index contributed by atoms with van der Waals surface area (Å²) in [6.45, 7) is 2.05. The van der Waals surface area contributed by atoms with Gasteiger partial charge in [-0.05, 0) is 36.8 Å². The predicted octanol–water partition coefficient (Wildman–Crippen LogP) is 2.99. The Morgan fingerprint density at radius 2 is 1.76 bits per heavy atom. The van der Waals surface area contributed by atoms with Gasteiger partial charge in [0.05, 0.1) is 25.3 Å². The molecule has 2 aromatic rings. The number of hydrogen-bond acceptors (Lipinski definition) is 3. The molecule has 1 heterocycles. The van der Waals surface area contributed by atoms with Gasteiger partial charge in [0.25, 0.3) is 0 Å². The van der Waals surface area contributed by atoms with Gasteiger partial charge in [0.1, 0.15) is 5.75 Å². The van der Waals surface area contributed by atoms with Crippen LogP contribution in [0.4, 0.5) is 5.69 Å². The summed E-state index contributed by atoms with van der Waals surface area (Å²) in [7, 11) is 1.65. The van der Waals surface area contributed by atoms with Crippen molar-refractivity contribution in [1.82, 2.24) is 5.43 Å². The fourth-order valence-electron chi connectivity index (χ4n) is 2.57. The highest BCUT2D eigenvalue weighted by molar-refractivity contribution is 5.83. The van der Waals surface area contributed by atoms with Crippen LogP contribution in [0.25, 0.3) is 0 Å². The van der Waals surface area contributed by atoms with Crippen LogP contribution in [0.5, 0.6) is 5.75 Å². The first-order valence-corrected chi connectivity index (χ1v) is 6.97. The Morgan fingerprint density at radius 3 is 2.38 bits per heavy atom. The Balaban J connectivity index is 1.91. The van der Waals surface area contributed by atoms with Crippen molar-refractivity contribution < 1.29 is 9.53 Å². The number of carbonyl (C=O) groups excluding carboxylic acids is 1. The van der Waals surface area contributed by atoms with Crippen LogP contribution < -0.4 is 15.2 Å². The van der Waals surface area contributed by atoms with Crippen molar-refractivity contribution in [2.45, 2.75) is 19.4 Å². The second-order valence-corrected chi connectivity index (χ2v) is 5.23. The van der Waals surface area contributed by atoms with Gasteiger partial charge >= 0.3 is 0 Å². The van der Waals surface area contributed by atoms with Crippen LogP contribution >= 0.6 is 0 Å². The molecule has 0 bridgehead atoms. The van der Waals surface area contributed by atoms with E-state index in [-0.39, 0.29) is 11.9 Å². The Hall–Kier alpha value is -2.49. The van der Waals surface area contributed by atoms with Gasteiger partial charge in [-0.1, -0.05) is 29.8 Å². The number of hydrogen-bond donors (Lipinski definition) is 1. The lowest BCUT2D eigenvalue weighted by molar-refractivity contribution is -0.119. The number of methoxy groups -OCH3 is 1. The number of amides is 1. The van der Waals surface area contributed by atoms with Crippen LogP contribution in [0.1, 0.15) is 23.6 Å². The first-order valence-electron chi connectivity index (χ1n) is 6.97. The summed E-state index contributed by atoms with van der Waals surface area (Å²) < 4.78 is 5.18. The van der Waals surface area contributed by atoms with E-state index in [1.54, 1.807) is 7.11 Å². The first-order chi connectivity index (χ1) is 10.2. The van der Waals surface area contributed by atoms with Crippen molar-refractivity contribution in [2.75, 3.05) is 12.1 Å². The van der Waals surface area contributed by atoms with E-state index in [4.69, 9.17) is 4.74 Å². The predicted molar refractivity (Wildman–Crippen MR) is 82.2 cm³/mol. The monoisotopic (exact) mass is 282 g/mol. The quantitative estimate of drug-likeness (QED) is 0.941. The summed E-state index contributed by atoms with van der Waals surface area (Å²) in [6.07, 6.45) is 0.459. The Morgan fingerprint density at radius 1 is 1.10 bits per heavy atom. The maximum Gasteiger partial charge on any atom is 0.241 e. The lowest BCUT2D eigenvalue weighted by atomic mass is 10.0. The maximum atomic E-state index is 11.8. The van der Waals surface area contributed by atoms with Gasteiger partial charge in [0.2, 0.25) is 5.91 Å². The summed E-state index contributed by atoms with van der Waals surface area (Å²) in [5.41, 5.74) is 6.21. The van der Waals surface area contributed by atoms with Gasteiger partial charge in [-0.25, -0.2) is 0 Å². The number of nitrogens with one attached hydrogen (secondary N) is 1. The van der Waals surface area contributed by atoms with Crippen molar-refractivity contribution >= 4 is 11.6 Å². The molecule has 0 radical (unpaired) electrons. The van der Waals surface area contributed by atoms with Crippen LogP contribution in [0.2, 0.25) is 0 Å². The molecule has 1 fully saturated rings.